The van der Waals surface area contributed by atoms with Crippen molar-refractivity contribution in [2.75, 3.05) is 0 Å². The van der Waals surface area contributed by atoms with Crippen LogP contribution in [0.2, 0.25) is 5.02 Å². The molecule has 0 unspecified atom stereocenters. The molecule has 1 aliphatic carbocycles. The largest absolute Gasteiger partial charge is 0.0843 e. The van der Waals surface area contributed by atoms with Crippen molar-refractivity contribution < 1.29 is 0 Å². The van der Waals surface area contributed by atoms with Crippen molar-refractivity contribution in [3.05, 3.63) is 39.9 Å². The molecule has 1 heteroatoms. The van der Waals surface area contributed by atoms with Gasteiger partial charge in [-0.1, -0.05) is 36.2 Å². The first-order chi connectivity index (χ1) is 5.79. The van der Waals surface area contributed by atoms with Gasteiger partial charge in [-0.3, -0.25) is 0 Å². The molecule has 0 N–H and O–H groups in total. The maximum atomic E-state index is 5.89. The molecule has 0 atom stereocenters. The summed E-state index contributed by atoms with van der Waals surface area (Å²) in [6.45, 7) is 2.19. The first-order valence-corrected chi connectivity index (χ1v) is 4.65. The molecule has 0 saturated carbocycles. The Morgan fingerprint density at radius 1 is 1.42 bits per heavy atom. The van der Waals surface area contributed by atoms with Crippen molar-refractivity contribution in [1.29, 1.82) is 0 Å². The summed E-state index contributed by atoms with van der Waals surface area (Å²) in [5.74, 6) is 0. The van der Waals surface area contributed by atoms with Gasteiger partial charge in [0, 0.05) is 5.02 Å². The van der Waals surface area contributed by atoms with Gasteiger partial charge in [-0.05, 0) is 36.1 Å². The lowest BCUT2D eigenvalue weighted by Crippen LogP contribution is -1.82. The van der Waals surface area contributed by atoms with Crippen LogP contribution in [0.15, 0.2) is 23.8 Å². The highest BCUT2D eigenvalue weighted by Gasteiger charge is 2.10. The molecule has 0 bridgehead atoms. The molecule has 1 aromatic carbocycles. The second-order valence-corrected chi connectivity index (χ2v) is 3.61. The molecule has 0 heterocycles. The predicted molar refractivity (Wildman–Crippen MR) is 53.4 cm³/mol. The van der Waals surface area contributed by atoms with E-state index in [-0.39, 0.29) is 0 Å². The zero-order valence-corrected chi connectivity index (χ0v) is 7.86. The van der Waals surface area contributed by atoms with Gasteiger partial charge in [0.1, 0.15) is 0 Å². The Kier molecular flexibility index (Phi) is 1.93. The van der Waals surface area contributed by atoms with E-state index in [1.165, 1.54) is 16.7 Å². The third kappa shape index (κ3) is 1.27. The standard InChI is InChI=1S/C11H11Cl/c1-2-8-5-9-3-4-11(12)7-10(9)6-8/h3-4,6-7H,2,5H2,1H3. The summed E-state index contributed by atoms with van der Waals surface area (Å²) in [5.41, 5.74) is 4.22. The molecule has 2 rings (SSSR count). The molecule has 0 radical (unpaired) electrons. The van der Waals surface area contributed by atoms with E-state index in [1.807, 2.05) is 12.1 Å². The summed E-state index contributed by atoms with van der Waals surface area (Å²) in [6.07, 6.45) is 4.51. The lowest BCUT2D eigenvalue weighted by molar-refractivity contribution is 1.04. The highest BCUT2D eigenvalue weighted by atomic mass is 35.5. The summed E-state index contributed by atoms with van der Waals surface area (Å²) in [5, 5.41) is 0.836. The van der Waals surface area contributed by atoms with E-state index >= 15 is 0 Å². The van der Waals surface area contributed by atoms with E-state index in [2.05, 4.69) is 19.1 Å². The SMILES string of the molecule is CCC1=Cc2cc(Cl)ccc2C1. The van der Waals surface area contributed by atoms with E-state index in [1.54, 1.807) is 0 Å². The van der Waals surface area contributed by atoms with Crippen LogP contribution in [-0.4, -0.2) is 0 Å². The van der Waals surface area contributed by atoms with Crippen molar-refractivity contribution in [3.8, 4) is 0 Å². The van der Waals surface area contributed by atoms with Gasteiger partial charge in [0.2, 0.25) is 0 Å². The lowest BCUT2D eigenvalue weighted by Gasteiger charge is -1.97. The van der Waals surface area contributed by atoms with E-state index in [0.29, 0.717) is 0 Å². The van der Waals surface area contributed by atoms with Crippen LogP contribution in [0.5, 0.6) is 0 Å². The van der Waals surface area contributed by atoms with Gasteiger partial charge in [0.05, 0.1) is 0 Å². The summed E-state index contributed by atoms with van der Waals surface area (Å²) in [4.78, 5) is 0. The number of fused-ring (bicyclic) bond motifs is 1. The van der Waals surface area contributed by atoms with Gasteiger partial charge in [-0.15, -0.1) is 0 Å². The molecule has 0 spiro atoms. The van der Waals surface area contributed by atoms with Gasteiger partial charge >= 0.3 is 0 Å². The molecule has 0 fully saturated rings. The van der Waals surface area contributed by atoms with Crippen LogP contribution in [0.25, 0.3) is 6.08 Å². The number of halogens is 1. The zero-order chi connectivity index (χ0) is 8.55. The maximum absolute atomic E-state index is 5.89. The number of hydrogen-bond acceptors (Lipinski definition) is 0. The van der Waals surface area contributed by atoms with Crippen molar-refractivity contribution in [2.45, 2.75) is 19.8 Å². The summed E-state index contributed by atoms with van der Waals surface area (Å²) >= 11 is 5.89. The average Bonchev–Trinajstić information content (AvgIpc) is 2.46. The fraction of sp³-hybridized carbons (Fsp3) is 0.273. The van der Waals surface area contributed by atoms with Gasteiger partial charge < -0.3 is 0 Å². The zero-order valence-electron chi connectivity index (χ0n) is 7.10. The molecular formula is C11H11Cl. The van der Waals surface area contributed by atoms with Gasteiger partial charge in [0.25, 0.3) is 0 Å². The quantitative estimate of drug-likeness (QED) is 0.616. The third-order valence-corrected chi connectivity index (χ3v) is 2.57. The van der Waals surface area contributed by atoms with Crippen LogP contribution in [0.4, 0.5) is 0 Å². The minimum absolute atomic E-state index is 0.836. The smallest absolute Gasteiger partial charge is 0.0412 e. The number of rotatable bonds is 1. The number of benzene rings is 1. The normalized spacial score (nSPS) is 14.3. The average molecular weight is 179 g/mol. The van der Waals surface area contributed by atoms with E-state index in [4.69, 9.17) is 11.6 Å². The molecule has 1 aromatic rings. The molecule has 0 aromatic heterocycles. The summed E-state index contributed by atoms with van der Waals surface area (Å²) < 4.78 is 0. The first-order valence-electron chi connectivity index (χ1n) is 4.27. The van der Waals surface area contributed by atoms with Crippen molar-refractivity contribution in [3.63, 3.8) is 0 Å². The second-order valence-electron chi connectivity index (χ2n) is 3.18. The van der Waals surface area contributed by atoms with Gasteiger partial charge in [-0.2, -0.15) is 0 Å². The van der Waals surface area contributed by atoms with Crippen LogP contribution in [0.3, 0.4) is 0 Å². The molecular weight excluding hydrogens is 168 g/mol. The monoisotopic (exact) mass is 178 g/mol. The van der Waals surface area contributed by atoms with Crippen molar-refractivity contribution in [1.82, 2.24) is 0 Å². The van der Waals surface area contributed by atoms with Gasteiger partial charge in [0.15, 0.2) is 0 Å². The third-order valence-electron chi connectivity index (χ3n) is 2.34. The molecule has 0 amide bonds. The predicted octanol–water partition coefficient (Wildman–Crippen LogP) is 3.69. The highest BCUT2D eigenvalue weighted by molar-refractivity contribution is 6.30. The minimum Gasteiger partial charge on any atom is -0.0843 e. The van der Waals surface area contributed by atoms with Crippen LogP contribution in [-0.2, 0) is 6.42 Å². The Hall–Kier alpha value is -0.750. The Balaban J connectivity index is 2.42. The molecule has 1 aliphatic rings. The Morgan fingerprint density at radius 2 is 2.25 bits per heavy atom. The molecule has 0 nitrogen and oxygen atoms in total. The first kappa shape index (κ1) is 7.88. The van der Waals surface area contributed by atoms with E-state index < -0.39 is 0 Å². The maximum Gasteiger partial charge on any atom is 0.0412 e. The molecule has 12 heavy (non-hydrogen) atoms. The van der Waals surface area contributed by atoms with Crippen LogP contribution >= 0.6 is 11.6 Å². The van der Waals surface area contributed by atoms with E-state index in [0.717, 1.165) is 17.9 Å². The van der Waals surface area contributed by atoms with Gasteiger partial charge in [-0.25, -0.2) is 0 Å². The minimum atomic E-state index is 0.836. The second kappa shape index (κ2) is 2.95. The summed E-state index contributed by atoms with van der Waals surface area (Å²) in [6, 6.07) is 6.13. The summed E-state index contributed by atoms with van der Waals surface area (Å²) in [7, 11) is 0. The van der Waals surface area contributed by atoms with Crippen molar-refractivity contribution >= 4 is 17.7 Å². The molecule has 0 aliphatic heterocycles. The lowest BCUT2D eigenvalue weighted by atomic mass is 10.1. The topological polar surface area (TPSA) is 0 Å². The van der Waals surface area contributed by atoms with E-state index in [9.17, 15) is 0 Å². The van der Waals surface area contributed by atoms with Crippen LogP contribution in [0, 0.1) is 0 Å². The number of hydrogen-bond donors (Lipinski definition) is 0. The fourth-order valence-corrected chi connectivity index (χ4v) is 1.78. The Morgan fingerprint density at radius 3 is 3.00 bits per heavy atom. The fourth-order valence-electron chi connectivity index (χ4n) is 1.60. The molecule has 0 saturated heterocycles. The van der Waals surface area contributed by atoms with Crippen LogP contribution < -0.4 is 0 Å². The molecule has 62 valence electrons. The van der Waals surface area contributed by atoms with Crippen LogP contribution in [0.1, 0.15) is 24.5 Å². The van der Waals surface area contributed by atoms with Crippen molar-refractivity contribution in [2.24, 2.45) is 0 Å². The highest BCUT2D eigenvalue weighted by Crippen LogP contribution is 2.28. The Labute approximate surface area is 77.9 Å². The number of allylic oxidation sites excluding steroid dienone is 1. The Bertz CT molecular complexity index is 337.